The van der Waals surface area contributed by atoms with Crippen molar-refractivity contribution in [3.63, 3.8) is 0 Å². The number of ether oxygens (including phenoxy) is 2. The largest absolute Gasteiger partial charge is 0.507 e. The van der Waals surface area contributed by atoms with Crippen LogP contribution < -0.4 is 14.4 Å². The first-order valence-electron chi connectivity index (χ1n) is 13.5. The molecule has 200 valence electrons. The molecule has 0 atom stereocenters. The lowest BCUT2D eigenvalue weighted by atomic mass is 9.99. The van der Waals surface area contributed by atoms with Crippen molar-refractivity contribution in [1.82, 2.24) is 9.47 Å². The molecule has 39 heavy (non-hydrogen) atoms. The third-order valence-corrected chi connectivity index (χ3v) is 7.86. The highest BCUT2D eigenvalue weighted by molar-refractivity contribution is 6.16. The summed E-state index contributed by atoms with van der Waals surface area (Å²) < 4.78 is 13.7. The molecule has 7 nitrogen and oxygen atoms in total. The fraction of sp³-hybridized carbons (Fsp3) is 0.281. The predicted molar refractivity (Wildman–Crippen MR) is 154 cm³/mol. The van der Waals surface area contributed by atoms with Crippen LogP contribution >= 0.6 is 0 Å². The van der Waals surface area contributed by atoms with Gasteiger partial charge in [0.1, 0.15) is 17.2 Å². The average Bonchev–Trinajstić information content (AvgIpc) is 3.49. The Labute approximate surface area is 228 Å². The zero-order valence-electron chi connectivity index (χ0n) is 22.6. The fourth-order valence-electron chi connectivity index (χ4n) is 5.71. The number of piperazine rings is 1. The minimum absolute atomic E-state index is 0.138. The minimum atomic E-state index is -0.138. The highest BCUT2D eigenvalue weighted by Gasteiger charge is 2.34. The number of anilines is 1. The number of carbonyl (C=O) groups excluding carboxylic acids is 1. The molecule has 6 rings (SSSR count). The van der Waals surface area contributed by atoms with Crippen molar-refractivity contribution in [2.45, 2.75) is 26.9 Å². The van der Waals surface area contributed by atoms with Gasteiger partial charge in [0.2, 0.25) is 5.78 Å². The maximum atomic E-state index is 13.5. The second-order valence-electron chi connectivity index (χ2n) is 10.2. The Bertz CT molecular complexity index is 1580. The SMILES string of the molecule is CCn1cc(/C=C2/Oc3c(CN4CCN(c5ccc(OC)cc5)CC4)c(O)cc(C)c3C2=O)c2ccccc21. The number of methoxy groups -OCH3 is 1. The maximum Gasteiger partial charge on any atom is 0.232 e. The lowest BCUT2D eigenvalue weighted by molar-refractivity contribution is 0.101. The minimum Gasteiger partial charge on any atom is -0.507 e. The zero-order valence-corrected chi connectivity index (χ0v) is 22.6. The van der Waals surface area contributed by atoms with E-state index in [1.165, 1.54) is 5.69 Å². The Morgan fingerprint density at radius 3 is 2.51 bits per heavy atom. The topological polar surface area (TPSA) is 67.2 Å². The number of nitrogens with zero attached hydrogens (tertiary/aromatic N) is 3. The van der Waals surface area contributed by atoms with Crippen molar-refractivity contribution < 1.29 is 19.4 Å². The summed E-state index contributed by atoms with van der Waals surface area (Å²) in [7, 11) is 1.67. The average molecular weight is 524 g/mol. The van der Waals surface area contributed by atoms with E-state index in [9.17, 15) is 9.90 Å². The quantitative estimate of drug-likeness (QED) is 0.331. The molecule has 1 saturated heterocycles. The molecule has 0 amide bonds. The molecule has 3 heterocycles. The van der Waals surface area contributed by atoms with Gasteiger partial charge in [0, 0.05) is 67.6 Å². The van der Waals surface area contributed by atoms with Gasteiger partial charge < -0.3 is 24.0 Å². The van der Waals surface area contributed by atoms with Gasteiger partial charge in [-0.2, -0.15) is 0 Å². The number of aromatic hydroxyl groups is 1. The number of ketones is 1. The van der Waals surface area contributed by atoms with Crippen molar-refractivity contribution in [3.8, 4) is 17.2 Å². The van der Waals surface area contributed by atoms with Gasteiger partial charge in [0.15, 0.2) is 5.76 Å². The molecule has 2 aliphatic heterocycles. The van der Waals surface area contributed by atoms with E-state index in [0.717, 1.165) is 60.5 Å². The van der Waals surface area contributed by atoms with Crippen LogP contribution in [-0.4, -0.2) is 53.6 Å². The molecular formula is C32H33N3O4. The van der Waals surface area contributed by atoms with Crippen molar-refractivity contribution >= 4 is 28.4 Å². The highest BCUT2D eigenvalue weighted by atomic mass is 16.5. The lowest BCUT2D eigenvalue weighted by Gasteiger charge is -2.36. The van der Waals surface area contributed by atoms with Gasteiger partial charge in [0.05, 0.1) is 18.2 Å². The number of Topliss-reactive ketones (excluding diaryl/α,β-unsaturated/α-hetero) is 1. The Morgan fingerprint density at radius 2 is 1.79 bits per heavy atom. The smallest absolute Gasteiger partial charge is 0.232 e. The van der Waals surface area contributed by atoms with Crippen LogP contribution in [0.5, 0.6) is 17.2 Å². The molecule has 1 aromatic heterocycles. The molecule has 2 aliphatic rings. The van der Waals surface area contributed by atoms with E-state index in [4.69, 9.17) is 9.47 Å². The van der Waals surface area contributed by atoms with E-state index >= 15 is 0 Å². The van der Waals surface area contributed by atoms with E-state index in [0.29, 0.717) is 29.2 Å². The molecule has 1 N–H and O–H groups in total. The van der Waals surface area contributed by atoms with Crippen LogP contribution in [0.25, 0.3) is 17.0 Å². The van der Waals surface area contributed by atoms with E-state index in [-0.39, 0.29) is 11.5 Å². The first-order chi connectivity index (χ1) is 19.0. The van der Waals surface area contributed by atoms with Gasteiger partial charge in [-0.1, -0.05) is 18.2 Å². The second-order valence-corrected chi connectivity index (χ2v) is 10.2. The zero-order chi connectivity index (χ0) is 27.1. The summed E-state index contributed by atoms with van der Waals surface area (Å²) in [5.74, 6) is 1.66. The van der Waals surface area contributed by atoms with Gasteiger partial charge in [-0.15, -0.1) is 0 Å². The van der Waals surface area contributed by atoms with Crippen LogP contribution in [-0.2, 0) is 13.1 Å². The summed E-state index contributed by atoms with van der Waals surface area (Å²) in [6.07, 6.45) is 3.90. The normalized spacial score (nSPS) is 16.6. The number of aryl methyl sites for hydroxylation is 2. The van der Waals surface area contributed by atoms with Gasteiger partial charge in [0.25, 0.3) is 0 Å². The van der Waals surface area contributed by atoms with Gasteiger partial charge in [-0.05, 0) is 61.9 Å². The summed E-state index contributed by atoms with van der Waals surface area (Å²) in [4.78, 5) is 18.2. The van der Waals surface area contributed by atoms with Crippen molar-refractivity contribution in [1.29, 1.82) is 0 Å². The van der Waals surface area contributed by atoms with Crippen LogP contribution in [0.3, 0.4) is 0 Å². The van der Waals surface area contributed by atoms with Gasteiger partial charge in [-0.25, -0.2) is 0 Å². The van der Waals surface area contributed by atoms with E-state index < -0.39 is 0 Å². The number of carbonyl (C=O) groups is 1. The van der Waals surface area contributed by atoms with Crippen LogP contribution in [0, 0.1) is 6.92 Å². The maximum absolute atomic E-state index is 13.5. The number of hydrogen-bond acceptors (Lipinski definition) is 6. The first-order valence-corrected chi connectivity index (χ1v) is 13.5. The highest BCUT2D eigenvalue weighted by Crippen LogP contribution is 2.43. The number of benzene rings is 3. The summed E-state index contributed by atoms with van der Waals surface area (Å²) in [5.41, 5.74) is 5.17. The molecule has 7 heteroatoms. The van der Waals surface area contributed by atoms with E-state index in [1.807, 2.05) is 37.3 Å². The molecule has 0 unspecified atom stereocenters. The Hall–Kier alpha value is -4.23. The number of phenols is 1. The number of allylic oxidation sites excluding steroid dienone is 1. The molecule has 1 fully saturated rings. The molecular weight excluding hydrogens is 490 g/mol. The summed E-state index contributed by atoms with van der Waals surface area (Å²) >= 11 is 0. The number of aromatic nitrogens is 1. The van der Waals surface area contributed by atoms with Gasteiger partial charge >= 0.3 is 0 Å². The molecule has 0 saturated carbocycles. The van der Waals surface area contributed by atoms with Crippen LogP contribution in [0.2, 0.25) is 0 Å². The fourth-order valence-corrected chi connectivity index (χ4v) is 5.71. The second kappa shape index (κ2) is 10.2. The monoisotopic (exact) mass is 523 g/mol. The van der Waals surface area contributed by atoms with Crippen molar-refractivity contribution in [3.05, 3.63) is 88.8 Å². The standard InChI is InChI=1S/C32H33N3O4/c1-4-34-19-22(25-7-5-6-8-27(25)34)18-29-31(37)30-21(2)17-28(36)26(32(30)39-29)20-33-13-15-35(16-14-33)23-9-11-24(38-3)12-10-23/h5-12,17-19,36H,4,13-16,20H2,1-3H3/b29-18+. The third kappa shape index (κ3) is 4.53. The Balaban J connectivity index is 1.24. The van der Waals surface area contributed by atoms with Crippen molar-refractivity contribution in [2.24, 2.45) is 0 Å². The van der Waals surface area contributed by atoms with Crippen molar-refractivity contribution in [2.75, 3.05) is 38.2 Å². The summed E-state index contributed by atoms with van der Waals surface area (Å²) in [6.45, 7) is 8.71. The van der Waals surface area contributed by atoms with Crippen LogP contribution in [0.15, 0.2) is 66.6 Å². The number of rotatable bonds is 6. The summed E-state index contributed by atoms with van der Waals surface area (Å²) in [5, 5.41) is 12.0. The van der Waals surface area contributed by atoms with Crippen LogP contribution in [0.1, 0.15) is 34.0 Å². The first kappa shape index (κ1) is 25.1. The molecule has 0 radical (unpaired) electrons. The molecule has 4 aromatic rings. The number of hydrogen-bond donors (Lipinski definition) is 1. The summed E-state index contributed by atoms with van der Waals surface area (Å²) in [6, 6.07) is 18.0. The van der Waals surface area contributed by atoms with E-state index in [1.54, 1.807) is 13.2 Å². The van der Waals surface area contributed by atoms with E-state index in [2.05, 4.69) is 51.8 Å². The molecule has 0 aliphatic carbocycles. The molecule has 3 aromatic carbocycles. The van der Waals surface area contributed by atoms with Crippen LogP contribution in [0.4, 0.5) is 5.69 Å². The number of para-hydroxylation sites is 1. The van der Waals surface area contributed by atoms with Gasteiger partial charge in [-0.3, -0.25) is 9.69 Å². The third-order valence-electron chi connectivity index (χ3n) is 7.86. The predicted octanol–water partition coefficient (Wildman–Crippen LogP) is 5.62. The number of fused-ring (bicyclic) bond motifs is 2. The Kier molecular flexibility index (Phi) is 6.53. The molecule has 0 bridgehead atoms. The lowest BCUT2D eigenvalue weighted by Crippen LogP contribution is -2.46. The Morgan fingerprint density at radius 1 is 1.05 bits per heavy atom. The molecule has 0 spiro atoms. The number of phenolic OH excluding ortho intramolecular Hbond substituents is 1.